The van der Waals surface area contributed by atoms with Crippen LogP contribution in [0.4, 0.5) is 5.95 Å². The third-order valence-corrected chi connectivity index (χ3v) is 4.79. The number of nitrogen functional groups attached to an aromatic ring is 1. The molecule has 20 heavy (non-hydrogen) atoms. The van der Waals surface area contributed by atoms with Crippen molar-refractivity contribution in [2.75, 3.05) is 18.9 Å². The van der Waals surface area contributed by atoms with Crippen LogP contribution in [0.5, 0.6) is 0 Å². The Morgan fingerprint density at radius 1 is 1.40 bits per heavy atom. The van der Waals surface area contributed by atoms with Gasteiger partial charge in [-0.1, -0.05) is 0 Å². The van der Waals surface area contributed by atoms with Crippen LogP contribution in [0, 0.1) is 0 Å². The SMILES string of the molecule is Nc1nc2c(ncn2CS(O)(O)C(CO)CO)c(=O)[nH]1. The second kappa shape index (κ2) is 5.38. The molecule has 2 rings (SSSR count). The molecule has 2 heterocycles. The summed E-state index contributed by atoms with van der Waals surface area (Å²) in [5.74, 6) is -0.479. The van der Waals surface area contributed by atoms with Gasteiger partial charge in [0.1, 0.15) is 5.88 Å². The Balaban J connectivity index is 2.42. The Hall–Kier alpha value is -1.66. The van der Waals surface area contributed by atoms with Crippen molar-refractivity contribution in [3.8, 4) is 0 Å². The van der Waals surface area contributed by atoms with Crippen LogP contribution in [0.25, 0.3) is 11.2 Å². The topological polar surface area (TPSA) is 171 Å². The van der Waals surface area contributed by atoms with Crippen LogP contribution >= 0.6 is 10.6 Å². The van der Waals surface area contributed by atoms with Crippen molar-refractivity contribution in [2.24, 2.45) is 0 Å². The number of rotatable bonds is 5. The molecule has 11 heteroatoms. The van der Waals surface area contributed by atoms with Gasteiger partial charge in [0.2, 0.25) is 5.95 Å². The fraction of sp³-hybridized carbons (Fsp3) is 0.444. The van der Waals surface area contributed by atoms with Crippen LogP contribution in [0.3, 0.4) is 0 Å². The van der Waals surface area contributed by atoms with E-state index in [0.29, 0.717) is 0 Å². The van der Waals surface area contributed by atoms with Crippen LogP contribution in [0.2, 0.25) is 0 Å². The number of hydrogen-bond donors (Lipinski definition) is 6. The maximum Gasteiger partial charge on any atom is 0.280 e. The monoisotopic (exact) mass is 305 g/mol. The highest BCUT2D eigenvalue weighted by atomic mass is 32.3. The number of aliphatic hydroxyl groups is 2. The van der Waals surface area contributed by atoms with Gasteiger partial charge in [0.15, 0.2) is 11.2 Å². The number of aromatic amines is 1. The van der Waals surface area contributed by atoms with E-state index in [1.165, 1.54) is 10.9 Å². The minimum absolute atomic E-state index is 0.0129. The number of imidazole rings is 1. The van der Waals surface area contributed by atoms with Crippen LogP contribution in [0.1, 0.15) is 0 Å². The molecule has 0 spiro atoms. The molecular formula is C9H15N5O5S. The highest BCUT2D eigenvalue weighted by Crippen LogP contribution is 2.45. The van der Waals surface area contributed by atoms with Gasteiger partial charge in [-0.05, 0) is 0 Å². The molecule has 0 aromatic carbocycles. The molecule has 0 saturated carbocycles. The summed E-state index contributed by atoms with van der Waals surface area (Å²) < 4.78 is 21.2. The number of hydrogen-bond acceptors (Lipinski definition) is 8. The molecule has 0 aliphatic heterocycles. The molecule has 2 aromatic heterocycles. The lowest BCUT2D eigenvalue weighted by atomic mass is 10.5. The Morgan fingerprint density at radius 3 is 2.65 bits per heavy atom. The standard InChI is InChI=1S/C9H15N5O5S/c10-9-12-7-6(8(17)13-9)11-3-14(7)4-20(18,19)5(1-15)2-16/h3,5,15-16,18-19H,1-2,4H2,(H3,10,12,13,17). The number of nitrogens with zero attached hydrogens (tertiary/aromatic N) is 3. The van der Waals surface area contributed by atoms with Gasteiger partial charge in [-0.2, -0.15) is 15.6 Å². The molecule has 0 unspecified atom stereocenters. The van der Waals surface area contributed by atoms with E-state index < -0.39 is 34.6 Å². The van der Waals surface area contributed by atoms with E-state index in [0.717, 1.165) is 0 Å². The van der Waals surface area contributed by atoms with Gasteiger partial charge in [-0.15, -0.1) is 0 Å². The average molecular weight is 305 g/mol. The van der Waals surface area contributed by atoms with Crippen LogP contribution in [0.15, 0.2) is 11.1 Å². The van der Waals surface area contributed by atoms with Crippen LogP contribution in [-0.2, 0) is 5.88 Å². The Bertz CT molecular complexity index is 664. The zero-order chi connectivity index (χ0) is 14.9. The van der Waals surface area contributed by atoms with Gasteiger partial charge in [-0.3, -0.25) is 23.5 Å². The van der Waals surface area contributed by atoms with Gasteiger partial charge >= 0.3 is 0 Å². The fourth-order valence-corrected chi connectivity index (χ4v) is 2.96. The predicted molar refractivity (Wildman–Crippen MR) is 73.4 cm³/mol. The van der Waals surface area contributed by atoms with E-state index in [2.05, 4.69) is 15.0 Å². The van der Waals surface area contributed by atoms with Gasteiger partial charge in [0.05, 0.1) is 24.8 Å². The Morgan fingerprint density at radius 2 is 2.05 bits per heavy atom. The lowest BCUT2D eigenvalue weighted by Gasteiger charge is -2.38. The molecule has 112 valence electrons. The van der Waals surface area contributed by atoms with Crippen molar-refractivity contribution < 1.29 is 19.3 Å². The summed E-state index contributed by atoms with van der Waals surface area (Å²) in [6, 6.07) is 0. The minimum atomic E-state index is -3.33. The molecule has 7 N–H and O–H groups in total. The molecular weight excluding hydrogens is 290 g/mol. The van der Waals surface area contributed by atoms with E-state index in [9.17, 15) is 13.9 Å². The van der Waals surface area contributed by atoms with Crippen molar-refractivity contribution in [1.82, 2.24) is 19.5 Å². The van der Waals surface area contributed by atoms with E-state index in [4.69, 9.17) is 15.9 Å². The number of nitrogens with one attached hydrogen (secondary N) is 1. The number of aliphatic hydroxyl groups excluding tert-OH is 2. The first-order valence-electron chi connectivity index (χ1n) is 5.56. The van der Waals surface area contributed by atoms with Gasteiger partial charge in [0, 0.05) is 0 Å². The summed E-state index contributed by atoms with van der Waals surface area (Å²) >= 11 is 0. The first-order valence-corrected chi connectivity index (χ1v) is 7.34. The second-order valence-corrected chi connectivity index (χ2v) is 6.53. The maximum absolute atomic E-state index is 11.6. The van der Waals surface area contributed by atoms with Gasteiger partial charge in [-0.25, -0.2) is 4.98 Å². The summed E-state index contributed by atoms with van der Waals surface area (Å²) in [4.78, 5) is 21.5. The summed E-state index contributed by atoms with van der Waals surface area (Å²) in [6.45, 7) is -1.16. The molecule has 0 bridgehead atoms. The van der Waals surface area contributed by atoms with Crippen LogP contribution < -0.4 is 11.3 Å². The second-order valence-electron chi connectivity index (χ2n) is 4.17. The summed E-state index contributed by atoms with van der Waals surface area (Å²) in [7, 11) is -3.33. The molecule has 0 atom stereocenters. The first-order chi connectivity index (χ1) is 9.39. The van der Waals surface area contributed by atoms with E-state index in [-0.39, 0.29) is 23.0 Å². The predicted octanol–water partition coefficient (Wildman–Crippen LogP) is -1.24. The van der Waals surface area contributed by atoms with Crippen molar-refractivity contribution in [3.63, 3.8) is 0 Å². The normalized spacial score (nSPS) is 13.2. The third-order valence-electron chi connectivity index (χ3n) is 2.76. The Kier molecular flexibility index (Phi) is 3.96. The highest BCUT2D eigenvalue weighted by Gasteiger charge is 2.26. The molecule has 0 fully saturated rings. The highest BCUT2D eigenvalue weighted by molar-refractivity contribution is 8.24. The quantitative estimate of drug-likeness (QED) is 0.398. The van der Waals surface area contributed by atoms with Gasteiger partial charge in [0.25, 0.3) is 5.56 Å². The van der Waals surface area contributed by atoms with Crippen molar-refractivity contribution in [3.05, 3.63) is 16.7 Å². The average Bonchev–Trinajstić information content (AvgIpc) is 2.73. The lowest BCUT2D eigenvalue weighted by molar-refractivity contribution is 0.216. The van der Waals surface area contributed by atoms with E-state index in [1.807, 2.05) is 0 Å². The number of nitrogens with two attached hydrogens (primary N) is 1. The van der Waals surface area contributed by atoms with Crippen molar-refractivity contribution in [1.29, 1.82) is 0 Å². The molecule has 0 aliphatic carbocycles. The zero-order valence-electron chi connectivity index (χ0n) is 10.3. The molecule has 0 radical (unpaired) electrons. The van der Waals surface area contributed by atoms with Crippen LogP contribution in [-0.4, -0.2) is 57.3 Å². The Labute approximate surface area is 114 Å². The molecule has 0 amide bonds. The number of fused-ring (bicyclic) bond motifs is 1. The zero-order valence-corrected chi connectivity index (χ0v) is 11.1. The summed E-state index contributed by atoms with van der Waals surface area (Å²) in [6.07, 6.45) is 1.21. The third kappa shape index (κ3) is 2.62. The maximum atomic E-state index is 11.6. The summed E-state index contributed by atoms with van der Waals surface area (Å²) in [5, 5.41) is 17.0. The number of anilines is 1. The van der Waals surface area contributed by atoms with Crippen molar-refractivity contribution >= 4 is 27.7 Å². The first kappa shape index (κ1) is 14.7. The largest absolute Gasteiger partial charge is 0.394 e. The lowest BCUT2D eigenvalue weighted by Crippen LogP contribution is -2.28. The fourth-order valence-electron chi connectivity index (χ4n) is 1.67. The number of H-pyrrole nitrogens is 1. The molecule has 2 aromatic rings. The van der Waals surface area contributed by atoms with E-state index >= 15 is 0 Å². The van der Waals surface area contributed by atoms with E-state index in [1.54, 1.807) is 0 Å². The summed E-state index contributed by atoms with van der Waals surface area (Å²) in [5.41, 5.74) is 5.00. The number of aromatic nitrogens is 4. The molecule has 0 aliphatic rings. The van der Waals surface area contributed by atoms with Gasteiger partial charge < -0.3 is 15.9 Å². The van der Waals surface area contributed by atoms with Crippen molar-refractivity contribution in [2.45, 2.75) is 11.1 Å². The molecule has 10 nitrogen and oxygen atoms in total. The minimum Gasteiger partial charge on any atom is -0.394 e. The molecule has 0 saturated heterocycles. The smallest absolute Gasteiger partial charge is 0.280 e.